The van der Waals surface area contributed by atoms with E-state index in [0.717, 1.165) is 80.3 Å². The number of aryl methyl sites for hydroxylation is 1. The molecule has 10 nitrogen and oxygen atoms in total. The van der Waals surface area contributed by atoms with Gasteiger partial charge in [-0.15, -0.1) is 0 Å². The van der Waals surface area contributed by atoms with Crippen LogP contribution in [0.25, 0.3) is 11.1 Å². The topological polar surface area (TPSA) is 132 Å². The van der Waals surface area contributed by atoms with Crippen LogP contribution < -0.4 is 18.9 Å². The summed E-state index contributed by atoms with van der Waals surface area (Å²) < 4.78 is 23.2. The quantitative estimate of drug-likeness (QED) is 0.133. The van der Waals surface area contributed by atoms with Gasteiger partial charge in [0.2, 0.25) is 6.79 Å². The molecule has 3 aromatic rings. The number of carbonyl (C=O) groups is 3. The highest BCUT2D eigenvalue weighted by atomic mass is 16.7. The summed E-state index contributed by atoms with van der Waals surface area (Å²) in [6.07, 6.45) is 7.41. The van der Waals surface area contributed by atoms with E-state index in [1.54, 1.807) is 0 Å². The zero-order valence-corrected chi connectivity index (χ0v) is 28.3. The number of ether oxygens (including phenoxy) is 4. The molecule has 1 unspecified atom stereocenters. The molecule has 10 heteroatoms. The normalized spacial score (nSPS) is 15.2. The number of carboxylic acid groups (broad SMARTS) is 2. The van der Waals surface area contributed by atoms with Crippen molar-refractivity contribution in [2.45, 2.75) is 77.6 Å². The summed E-state index contributed by atoms with van der Waals surface area (Å²) in [6, 6.07) is 17.3. The Balaban J connectivity index is 1.17. The monoisotopic (exact) mass is 673 g/mol. The number of hydrogen-bond acceptors (Lipinski definition) is 7. The minimum Gasteiger partial charge on any atom is -0.494 e. The first kappa shape index (κ1) is 35.6. The molecule has 0 bridgehead atoms. The first-order valence-electron chi connectivity index (χ1n) is 17.4. The number of carboxylic acids is 2. The SMILES string of the molecule is CC1CCCN(C(=O)c2cc(OCCCCCCc3cccc(OCCCC(=O)O)c3CCC(=O)O)cc(-c3ccc4c(c3)OCO4)c2)C1. The molecule has 0 saturated carbocycles. The minimum absolute atomic E-state index is 0.000167. The van der Waals surface area contributed by atoms with Crippen molar-refractivity contribution in [2.24, 2.45) is 5.92 Å². The maximum Gasteiger partial charge on any atom is 0.303 e. The van der Waals surface area contributed by atoms with E-state index < -0.39 is 11.9 Å². The Kier molecular flexibility index (Phi) is 12.8. The molecule has 3 aromatic carbocycles. The summed E-state index contributed by atoms with van der Waals surface area (Å²) in [5, 5.41) is 18.2. The molecule has 0 radical (unpaired) electrons. The van der Waals surface area contributed by atoms with Gasteiger partial charge in [0.25, 0.3) is 5.91 Å². The second-order valence-electron chi connectivity index (χ2n) is 13.0. The van der Waals surface area contributed by atoms with E-state index in [0.29, 0.717) is 53.9 Å². The van der Waals surface area contributed by atoms with E-state index in [-0.39, 0.29) is 32.1 Å². The molecular weight excluding hydrogens is 626 g/mol. The van der Waals surface area contributed by atoms with Gasteiger partial charge in [0.05, 0.1) is 13.2 Å². The van der Waals surface area contributed by atoms with E-state index in [9.17, 15) is 19.5 Å². The molecular formula is C39H47NO9. The van der Waals surface area contributed by atoms with Crippen LogP contribution in [0.3, 0.4) is 0 Å². The predicted molar refractivity (Wildman–Crippen MR) is 185 cm³/mol. The average molecular weight is 674 g/mol. The molecule has 1 atom stereocenters. The Morgan fingerprint density at radius 2 is 1.61 bits per heavy atom. The largest absolute Gasteiger partial charge is 0.494 e. The first-order chi connectivity index (χ1) is 23.8. The summed E-state index contributed by atoms with van der Waals surface area (Å²) in [5.41, 5.74) is 4.37. The van der Waals surface area contributed by atoms with E-state index in [1.165, 1.54) is 0 Å². The van der Waals surface area contributed by atoms with Gasteiger partial charge in [0, 0.05) is 31.5 Å². The van der Waals surface area contributed by atoms with Crippen molar-refractivity contribution >= 4 is 17.8 Å². The van der Waals surface area contributed by atoms with Crippen LogP contribution >= 0.6 is 0 Å². The van der Waals surface area contributed by atoms with Crippen LogP contribution in [0.2, 0.25) is 0 Å². The number of aliphatic carboxylic acids is 2. The summed E-state index contributed by atoms with van der Waals surface area (Å²) in [7, 11) is 0. The molecule has 5 rings (SSSR count). The Morgan fingerprint density at radius 1 is 0.816 bits per heavy atom. The van der Waals surface area contributed by atoms with Crippen LogP contribution in [-0.2, 0) is 22.4 Å². The maximum atomic E-state index is 13.6. The number of amides is 1. The van der Waals surface area contributed by atoms with Crippen LogP contribution in [0.1, 0.15) is 86.2 Å². The molecule has 49 heavy (non-hydrogen) atoms. The lowest BCUT2D eigenvalue weighted by atomic mass is 9.97. The van der Waals surface area contributed by atoms with Crippen molar-refractivity contribution < 1.29 is 43.5 Å². The number of piperidine rings is 1. The number of rotatable bonds is 18. The third kappa shape index (κ3) is 10.4. The summed E-state index contributed by atoms with van der Waals surface area (Å²) >= 11 is 0. The summed E-state index contributed by atoms with van der Waals surface area (Å²) in [4.78, 5) is 37.7. The van der Waals surface area contributed by atoms with Crippen molar-refractivity contribution in [1.82, 2.24) is 4.90 Å². The van der Waals surface area contributed by atoms with Crippen LogP contribution in [0.15, 0.2) is 54.6 Å². The van der Waals surface area contributed by atoms with Gasteiger partial charge in [0.1, 0.15) is 11.5 Å². The fraction of sp³-hybridized carbons (Fsp3) is 0.462. The Labute approximate surface area is 287 Å². The number of nitrogens with zero attached hydrogens (tertiary/aromatic N) is 1. The molecule has 0 aliphatic carbocycles. The van der Waals surface area contributed by atoms with E-state index in [2.05, 4.69) is 6.92 Å². The van der Waals surface area contributed by atoms with E-state index in [1.807, 2.05) is 59.5 Å². The van der Waals surface area contributed by atoms with Crippen LogP contribution in [-0.4, -0.2) is 66.1 Å². The zero-order valence-electron chi connectivity index (χ0n) is 28.3. The van der Waals surface area contributed by atoms with Crippen molar-refractivity contribution in [3.05, 3.63) is 71.3 Å². The standard InChI is InChI=1S/C39H47NO9/c1-27-9-7-18-40(25-27)39(45)31-21-30(29-14-16-35-36(24-29)49-26-48-35)22-32(23-31)46-19-5-3-2-4-10-28-11-6-12-34(33(28)15-17-38(43)44)47-20-8-13-37(41)42/h6,11-12,14,16,21-24,27H,2-5,7-10,13,15,17-20,25-26H2,1H3,(H,41,42)(H,43,44). The van der Waals surface area contributed by atoms with E-state index >= 15 is 0 Å². The third-order valence-electron chi connectivity index (χ3n) is 9.02. The smallest absolute Gasteiger partial charge is 0.303 e. The Morgan fingerprint density at radius 3 is 2.43 bits per heavy atom. The zero-order chi connectivity index (χ0) is 34.6. The predicted octanol–water partition coefficient (Wildman–Crippen LogP) is 7.40. The van der Waals surface area contributed by atoms with Gasteiger partial charge in [-0.25, -0.2) is 0 Å². The van der Waals surface area contributed by atoms with Gasteiger partial charge >= 0.3 is 11.9 Å². The highest BCUT2D eigenvalue weighted by Gasteiger charge is 2.24. The number of fused-ring (bicyclic) bond motifs is 1. The lowest BCUT2D eigenvalue weighted by molar-refractivity contribution is -0.138. The van der Waals surface area contributed by atoms with Gasteiger partial charge in [-0.3, -0.25) is 14.4 Å². The van der Waals surface area contributed by atoms with Crippen molar-refractivity contribution in [1.29, 1.82) is 0 Å². The Hall–Kier alpha value is -4.73. The third-order valence-corrected chi connectivity index (χ3v) is 9.02. The Bertz CT molecular complexity index is 1600. The van der Waals surface area contributed by atoms with Gasteiger partial charge in [-0.2, -0.15) is 0 Å². The molecule has 0 aromatic heterocycles. The number of unbranched alkanes of at least 4 members (excludes halogenated alkanes) is 3. The lowest BCUT2D eigenvalue weighted by Gasteiger charge is -2.31. The molecule has 2 N–H and O–H groups in total. The highest BCUT2D eigenvalue weighted by Crippen LogP contribution is 2.37. The molecule has 2 aliphatic rings. The number of likely N-dealkylation sites (tertiary alicyclic amines) is 1. The summed E-state index contributed by atoms with van der Waals surface area (Å²) in [6.45, 7) is 4.69. The van der Waals surface area contributed by atoms with E-state index in [4.69, 9.17) is 24.1 Å². The molecule has 2 heterocycles. The second kappa shape index (κ2) is 17.6. The number of hydrogen-bond donors (Lipinski definition) is 2. The molecule has 1 saturated heterocycles. The van der Waals surface area contributed by atoms with Crippen molar-refractivity contribution in [3.8, 4) is 34.1 Å². The fourth-order valence-corrected chi connectivity index (χ4v) is 6.47. The van der Waals surface area contributed by atoms with Crippen LogP contribution in [0, 0.1) is 5.92 Å². The summed E-state index contributed by atoms with van der Waals surface area (Å²) in [5.74, 6) is 1.45. The van der Waals surface area contributed by atoms with Gasteiger partial charge in [-0.1, -0.05) is 38.0 Å². The first-order valence-corrected chi connectivity index (χ1v) is 17.4. The number of benzene rings is 3. The molecule has 0 spiro atoms. The maximum absolute atomic E-state index is 13.6. The van der Waals surface area contributed by atoms with Gasteiger partial charge < -0.3 is 34.1 Å². The van der Waals surface area contributed by atoms with Crippen molar-refractivity contribution in [2.75, 3.05) is 33.1 Å². The molecule has 1 amide bonds. The lowest BCUT2D eigenvalue weighted by Crippen LogP contribution is -2.39. The van der Waals surface area contributed by atoms with Crippen molar-refractivity contribution in [3.63, 3.8) is 0 Å². The minimum atomic E-state index is -0.870. The van der Waals surface area contributed by atoms with Crippen LogP contribution in [0.4, 0.5) is 0 Å². The molecule has 262 valence electrons. The second-order valence-corrected chi connectivity index (χ2v) is 13.0. The highest BCUT2D eigenvalue weighted by molar-refractivity contribution is 5.96. The van der Waals surface area contributed by atoms with Crippen LogP contribution in [0.5, 0.6) is 23.0 Å². The molecule has 1 fully saturated rings. The van der Waals surface area contributed by atoms with Gasteiger partial charge in [0.15, 0.2) is 11.5 Å². The number of carbonyl (C=O) groups excluding carboxylic acids is 1. The average Bonchev–Trinajstić information content (AvgIpc) is 3.57. The van der Waals surface area contributed by atoms with Gasteiger partial charge in [-0.05, 0) is 110 Å². The molecule has 2 aliphatic heterocycles. The fourth-order valence-electron chi connectivity index (χ4n) is 6.47.